The zero-order chi connectivity index (χ0) is 22.4. The van der Waals surface area contributed by atoms with Crippen molar-refractivity contribution in [1.29, 1.82) is 0 Å². The van der Waals surface area contributed by atoms with Gasteiger partial charge in [0.1, 0.15) is 12.6 Å². The van der Waals surface area contributed by atoms with Crippen LogP contribution in [0.5, 0.6) is 0 Å². The number of aryl methyl sites for hydroxylation is 1. The highest BCUT2D eigenvalue weighted by atomic mass is 32.2. The second-order valence-electron chi connectivity index (χ2n) is 7.33. The number of benzene rings is 2. The van der Waals surface area contributed by atoms with Gasteiger partial charge in [-0.15, -0.1) is 0 Å². The van der Waals surface area contributed by atoms with Crippen LogP contribution in [0, 0.1) is 0 Å². The Hall–Kier alpha value is -3.13. The number of hydrogen-bond acceptors (Lipinski definition) is 5. The van der Waals surface area contributed by atoms with Crippen molar-refractivity contribution in [2.24, 2.45) is 0 Å². The van der Waals surface area contributed by atoms with E-state index in [-0.39, 0.29) is 5.12 Å². The van der Waals surface area contributed by atoms with Crippen LogP contribution in [0.15, 0.2) is 54.6 Å². The summed E-state index contributed by atoms with van der Waals surface area (Å²) in [6, 6.07) is 15.6. The summed E-state index contributed by atoms with van der Waals surface area (Å²) >= 11 is 0.926. The zero-order valence-electron chi connectivity index (χ0n) is 17.1. The van der Waals surface area contributed by atoms with E-state index in [0.717, 1.165) is 22.9 Å². The number of rotatable bonds is 7. The van der Waals surface area contributed by atoms with Gasteiger partial charge in [-0.25, -0.2) is 0 Å². The summed E-state index contributed by atoms with van der Waals surface area (Å²) in [5.74, 6) is -2.01. The largest absolute Gasteiger partial charge is 0.480 e. The number of carboxylic acids is 1. The summed E-state index contributed by atoms with van der Waals surface area (Å²) in [4.78, 5) is 50.5. The molecule has 2 N–H and O–H groups in total. The second kappa shape index (κ2) is 10.3. The summed E-state index contributed by atoms with van der Waals surface area (Å²) in [5, 5.41) is 11.2. The lowest BCUT2D eigenvalue weighted by atomic mass is 10.1. The lowest BCUT2D eigenvalue weighted by Gasteiger charge is -2.26. The highest BCUT2D eigenvalue weighted by molar-refractivity contribution is 8.14. The van der Waals surface area contributed by atoms with Crippen LogP contribution in [0.4, 0.5) is 5.69 Å². The second-order valence-corrected chi connectivity index (χ2v) is 8.71. The highest BCUT2D eigenvalue weighted by Gasteiger charge is 2.34. The fourth-order valence-corrected chi connectivity index (χ4v) is 4.48. The van der Waals surface area contributed by atoms with Crippen molar-refractivity contribution in [1.82, 2.24) is 5.32 Å². The third-order valence-corrected chi connectivity index (χ3v) is 6.02. The zero-order valence-corrected chi connectivity index (χ0v) is 17.9. The van der Waals surface area contributed by atoms with E-state index in [1.54, 1.807) is 12.1 Å². The van der Waals surface area contributed by atoms with Gasteiger partial charge in [-0.3, -0.25) is 24.1 Å². The number of nitrogens with zero attached hydrogens (tertiary/aromatic N) is 1. The first-order valence-electron chi connectivity index (χ1n) is 9.97. The van der Waals surface area contributed by atoms with Crippen LogP contribution < -0.4 is 10.2 Å². The predicted octanol–water partition coefficient (Wildman–Crippen LogP) is 2.43. The van der Waals surface area contributed by atoms with Gasteiger partial charge in [0.15, 0.2) is 5.12 Å². The van der Waals surface area contributed by atoms with Gasteiger partial charge in [0.2, 0.25) is 11.8 Å². The number of carbonyl (C=O) groups is 4. The normalized spacial score (nSPS) is 16.7. The van der Waals surface area contributed by atoms with E-state index < -0.39 is 35.6 Å². The van der Waals surface area contributed by atoms with Crippen molar-refractivity contribution in [2.75, 3.05) is 11.4 Å². The molecule has 2 atom stereocenters. The molecule has 0 saturated heterocycles. The molecular formula is C23H24N2O5S. The Morgan fingerprint density at radius 3 is 2.48 bits per heavy atom. The Bertz CT molecular complexity index is 979. The number of thioether (sulfide) groups is 1. The van der Waals surface area contributed by atoms with Crippen molar-refractivity contribution in [2.45, 2.75) is 37.5 Å². The summed E-state index contributed by atoms with van der Waals surface area (Å²) in [5.41, 5.74) is 2.31. The number of carbonyl (C=O) groups excluding carboxylic acids is 3. The molecule has 8 heteroatoms. The molecule has 7 nitrogen and oxygen atoms in total. The topological polar surface area (TPSA) is 104 Å². The average molecular weight is 441 g/mol. The molecule has 0 unspecified atom stereocenters. The van der Waals surface area contributed by atoms with Crippen molar-refractivity contribution >= 4 is 40.3 Å². The van der Waals surface area contributed by atoms with Crippen LogP contribution in [0.25, 0.3) is 0 Å². The molecule has 2 aromatic carbocycles. The molecule has 1 aliphatic heterocycles. The number of para-hydroxylation sites is 1. The maximum atomic E-state index is 13.2. The fraction of sp³-hybridized carbons (Fsp3) is 0.304. The number of carboxylic acid groups (broad SMARTS) is 1. The molecule has 0 spiro atoms. The first-order valence-corrected chi connectivity index (χ1v) is 10.9. The third-order valence-electron chi connectivity index (χ3n) is 5.02. The van der Waals surface area contributed by atoms with E-state index in [4.69, 9.17) is 0 Å². The number of fused-ring (bicyclic) bond motifs is 1. The van der Waals surface area contributed by atoms with Crippen LogP contribution in [-0.4, -0.2) is 45.8 Å². The summed E-state index contributed by atoms with van der Waals surface area (Å²) in [6.45, 7) is 0.913. The van der Waals surface area contributed by atoms with E-state index in [0.29, 0.717) is 24.9 Å². The Morgan fingerprint density at radius 1 is 1.13 bits per heavy atom. The fourth-order valence-electron chi connectivity index (χ4n) is 3.63. The molecule has 0 saturated carbocycles. The van der Waals surface area contributed by atoms with Crippen LogP contribution >= 0.6 is 11.8 Å². The lowest BCUT2D eigenvalue weighted by molar-refractivity contribution is -0.137. The van der Waals surface area contributed by atoms with Gasteiger partial charge in [0.25, 0.3) is 0 Å². The monoisotopic (exact) mass is 440 g/mol. The molecule has 2 amide bonds. The third kappa shape index (κ3) is 5.95. The van der Waals surface area contributed by atoms with E-state index in [9.17, 15) is 24.3 Å². The van der Waals surface area contributed by atoms with Crippen LogP contribution in [0.2, 0.25) is 0 Å². The Morgan fingerprint density at radius 2 is 1.81 bits per heavy atom. The van der Waals surface area contributed by atoms with Crippen molar-refractivity contribution in [3.8, 4) is 0 Å². The van der Waals surface area contributed by atoms with Crippen molar-refractivity contribution < 1.29 is 24.3 Å². The van der Waals surface area contributed by atoms with Gasteiger partial charge in [-0.2, -0.15) is 0 Å². The first-order chi connectivity index (χ1) is 14.8. The molecule has 3 rings (SSSR count). The maximum Gasteiger partial charge on any atom is 0.323 e. The highest BCUT2D eigenvalue weighted by Crippen LogP contribution is 2.27. The van der Waals surface area contributed by atoms with Crippen LogP contribution in [0.3, 0.4) is 0 Å². The number of amides is 2. The molecule has 0 bridgehead atoms. The lowest BCUT2D eigenvalue weighted by Crippen LogP contribution is -2.51. The van der Waals surface area contributed by atoms with Crippen LogP contribution in [0.1, 0.15) is 24.5 Å². The minimum atomic E-state index is -1.13. The number of aliphatic carboxylic acids is 1. The Labute approximate surface area is 184 Å². The Balaban J connectivity index is 1.80. The maximum absolute atomic E-state index is 13.2. The summed E-state index contributed by atoms with van der Waals surface area (Å²) < 4.78 is 0. The summed E-state index contributed by atoms with van der Waals surface area (Å²) in [7, 11) is 0. The van der Waals surface area contributed by atoms with E-state index in [1.807, 2.05) is 42.5 Å². The van der Waals surface area contributed by atoms with Gasteiger partial charge < -0.3 is 10.4 Å². The van der Waals surface area contributed by atoms with Gasteiger partial charge in [-0.05, 0) is 36.5 Å². The molecule has 31 heavy (non-hydrogen) atoms. The average Bonchev–Trinajstić information content (AvgIpc) is 2.86. The molecule has 162 valence electrons. The number of hydrogen-bond donors (Lipinski definition) is 2. The molecule has 0 aromatic heterocycles. The Kier molecular flexibility index (Phi) is 7.46. The van der Waals surface area contributed by atoms with E-state index in [2.05, 4.69) is 5.32 Å². The minimum absolute atomic E-state index is 0.191. The van der Waals surface area contributed by atoms with Gasteiger partial charge >= 0.3 is 5.97 Å². The van der Waals surface area contributed by atoms with Gasteiger partial charge in [0, 0.05) is 12.6 Å². The molecule has 1 heterocycles. The minimum Gasteiger partial charge on any atom is -0.480 e. The number of anilines is 1. The van der Waals surface area contributed by atoms with Crippen molar-refractivity contribution in [3.63, 3.8) is 0 Å². The summed E-state index contributed by atoms with van der Waals surface area (Å²) in [6.07, 6.45) is 1.21. The molecule has 1 aliphatic rings. The SMILES string of the molecule is CC(=O)S[C@H](Cc1ccccc1)C(=O)N[C@H]1CCc2ccccc2N(CC(=O)O)C1=O. The van der Waals surface area contributed by atoms with Gasteiger partial charge in [-0.1, -0.05) is 60.3 Å². The standard InChI is InChI=1S/C23H24N2O5S/c1-15(26)31-20(13-16-7-3-2-4-8-16)22(29)24-18-12-11-17-9-5-6-10-19(17)25(23(18)30)14-21(27)28/h2-10,18,20H,11-14H2,1H3,(H,24,29)(H,27,28)/t18-,20+/m0/s1. The van der Waals surface area contributed by atoms with E-state index >= 15 is 0 Å². The quantitative estimate of drug-likeness (QED) is 0.685. The first kappa shape index (κ1) is 22.6. The molecule has 0 radical (unpaired) electrons. The van der Waals surface area contributed by atoms with Crippen LogP contribution in [-0.2, 0) is 32.0 Å². The van der Waals surface area contributed by atoms with Crippen molar-refractivity contribution in [3.05, 3.63) is 65.7 Å². The molecular weight excluding hydrogens is 416 g/mol. The molecule has 0 aliphatic carbocycles. The predicted molar refractivity (Wildman–Crippen MR) is 119 cm³/mol. The molecule has 2 aromatic rings. The van der Waals surface area contributed by atoms with Gasteiger partial charge in [0.05, 0.1) is 5.25 Å². The van der Waals surface area contributed by atoms with E-state index in [1.165, 1.54) is 11.8 Å². The number of nitrogens with one attached hydrogen (secondary N) is 1. The molecule has 0 fully saturated rings. The smallest absolute Gasteiger partial charge is 0.323 e.